The molecule has 1 aliphatic rings. The molecule has 0 aromatic heterocycles. The predicted molar refractivity (Wildman–Crippen MR) is 57.5 cm³/mol. The Labute approximate surface area is 87.2 Å². The monoisotopic (exact) mass is 201 g/mol. The zero-order valence-electron chi connectivity index (χ0n) is 9.58. The van der Waals surface area contributed by atoms with Crippen LogP contribution in [0.4, 0.5) is 0 Å². The molecule has 2 atom stereocenters. The van der Waals surface area contributed by atoms with Gasteiger partial charge in [-0.05, 0) is 19.3 Å². The summed E-state index contributed by atoms with van der Waals surface area (Å²) in [5, 5.41) is 3.48. The number of hydrogen-bond acceptors (Lipinski definition) is 3. The quantitative estimate of drug-likeness (QED) is 0.644. The van der Waals surface area contributed by atoms with Crippen LogP contribution in [-0.2, 0) is 9.47 Å². The molecule has 3 heteroatoms. The Bertz CT molecular complexity index is 148. The van der Waals surface area contributed by atoms with Crippen LogP contribution < -0.4 is 5.32 Å². The largest absolute Gasteiger partial charge is 0.382 e. The van der Waals surface area contributed by atoms with Gasteiger partial charge in [0, 0.05) is 26.8 Å². The van der Waals surface area contributed by atoms with Crippen molar-refractivity contribution in [3.8, 4) is 0 Å². The second kappa shape index (κ2) is 6.38. The second-order valence-electron chi connectivity index (χ2n) is 4.30. The first-order chi connectivity index (χ1) is 6.76. The highest BCUT2D eigenvalue weighted by molar-refractivity contribution is 4.78. The molecular weight excluding hydrogens is 178 g/mol. The summed E-state index contributed by atoms with van der Waals surface area (Å²) in [5.41, 5.74) is 0. The zero-order chi connectivity index (χ0) is 10.4. The van der Waals surface area contributed by atoms with E-state index in [9.17, 15) is 0 Å². The molecule has 0 spiro atoms. The molecule has 0 radical (unpaired) electrons. The third-order valence-corrected chi connectivity index (χ3v) is 2.76. The third-order valence-electron chi connectivity index (χ3n) is 2.76. The van der Waals surface area contributed by atoms with Crippen LogP contribution >= 0.6 is 0 Å². The number of methoxy groups -OCH3 is 2. The lowest BCUT2D eigenvalue weighted by atomic mass is 10.1. The van der Waals surface area contributed by atoms with Crippen molar-refractivity contribution in [2.45, 2.75) is 38.3 Å². The molecule has 1 N–H and O–H groups in total. The van der Waals surface area contributed by atoms with E-state index in [4.69, 9.17) is 9.47 Å². The fourth-order valence-electron chi connectivity index (χ4n) is 1.67. The van der Waals surface area contributed by atoms with Crippen LogP contribution in [0.15, 0.2) is 0 Å². The molecule has 0 aromatic carbocycles. The molecular formula is C11H23NO2. The van der Waals surface area contributed by atoms with Gasteiger partial charge in [0.25, 0.3) is 0 Å². The van der Waals surface area contributed by atoms with Crippen molar-refractivity contribution in [1.82, 2.24) is 5.32 Å². The molecule has 0 saturated heterocycles. The molecule has 1 rings (SSSR count). The van der Waals surface area contributed by atoms with Crippen LogP contribution in [0.25, 0.3) is 0 Å². The summed E-state index contributed by atoms with van der Waals surface area (Å²) in [7, 11) is 3.44. The minimum absolute atomic E-state index is 0.182. The number of ether oxygens (including phenoxy) is 2. The van der Waals surface area contributed by atoms with E-state index in [2.05, 4.69) is 12.2 Å². The maximum absolute atomic E-state index is 5.27. The molecule has 3 nitrogen and oxygen atoms in total. The van der Waals surface area contributed by atoms with Crippen LogP contribution in [0.3, 0.4) is 0 Å². The Morgan fingerprint density at radius 1 is 1.36 bits per heavy atom. The summed E-state index contributed by atoms with van der Waals surface area (Å²) in [6, 6.07) is 0.608. The van der Waals surface area contributed by atoms with Gasteiger partial charge in [0.1, 0.15) is 0 Å². The lowest BCUT2D eigenvalue weighted by molar-refractivity contribution is 0.0274. The molecule has 84 valence electrons. The van der Waals surface area contributed by atoms with Crippen molar-refractivity contribution >= 4 is 0 Å². The van der Waals surface area contributed by atoms with Crippen molar-refractivity contribution in [2.24, 2.45) is 5.92 Å². The maximum atomic E-state index is 5.27. The van der Waals surface area contributed by atoms with E-state index in [1.807, 2.05) is 0 Å². The fourth-order valence-corrected chi connectivity index (χ4v) is 1.67. The summed E-state index contributed by atoms with van der Waals surface area (Å²) in [6.07, 6.45) is 4.35. The molecule has 2 unspecified atom stereocenters. The van der Waals surface area contributed by atoms with Crippen molar-refractivity contribution < 1.29 is 9.47 Å². The van der Waals surface area contributed by atoms with E-state index in [1.54, 1.807) is 14.2 Å². The van der Waals surface area contributed by atoms with Gasteiger partial charge >= 0.3 is 0 Å². The van der Waals surface area contributed by atoms with Crippen molar-refractivity contribution in [2.75, 3.05) is 27.4 Å². The van der Waals surface area contributed by atoms with Gasteiger partial charge in [-0.25, -0.2) is 0 Å². The summed E-state index contributed by atoms with van der Waals surface area (Å²) < 4.78 is 10.3. The lowest BCUT2D eigenvalue weighted by Gasteiger charge is -2.19. The van der Waals surface area contributed by atoms with Gasteiger partial charge in [-0.15, -0.1) is 0 Å². The Morgan fingerprint density at radius 3 is 2.57 bits per heavy atom. The van der Waals surface area contributed by atoms with Gasteiger partial charge in [0.2, 0.25) is 0 Å². The average molecular weight is 201 g/mol. The van der Waals surface area contributed by atoms with Crippen LogP contribution in [-0.4, -0.2) is 39.5 Å². The smallest absolute Gasteiger partial charge is 0.0928 e. The maximum Gasteiger partial charge on any atom is 0.0928 e. The molecule has 0 amide bonds. The van der Waals surface area contributed by atoms with E-state index in [1.165, 1.54) is 19.3 Å². The first kappa shape index (κ1) is 12.0. The molecule has 0 aliphatic heterocycles. The molecule has 14 heavy (non-hydrogen) atoms. The number of nitrogens with one attached hydrogen (secondary N) is 1. The van der Waals surface area contributed by atoms with E-state index < -0.39 is 0 Å². The van der Waals surface area contributed by atoms with E-state index >= 15 is 0 Å². The molecule has 1 aliphatic carbocycles. The van der Waals surface area contributed by atoms with Gasteiger partial charge in [0.15, 0.2) is 0 Å². The Balaban J connectivity index is 2.03. The van der Waals surface area contributed by atoms with Crippen LogP contribution in [0.2, 0.25) is 0 Å². The standard InChI is InChI=1S/C11H23NO2/c1-9(6-10-4-5-10)12-7-11(14-3)8-13-2/h9-12H,4-8H2,1-3H3. The highest BCUT2D eigenvalue weighted by Gasteiger charge is 2.23. The molecule has 0 aromatic rings. The van der Waals surface area contributed by atoms with E-state index in [-0.39, 0.29) is 6.10 Å². The summed E-state index contributed by atoms with van der Waals surface area (Å²) in [5.74, 6) is 0.987. The van der Waals surface area contributed by atoms with Crippen molar-refractivity contribution in [3.05, 3.63) is 0 Å². The summed E-state index contributed by atoms with van der Waals surface area (Å²) in [6.45, 7) is 3.80. The summed E-state index contributed by atoms with van der Waals surface area (Å²) in [4.78, 5) is 0. The lowest BCUT2D eigenvalue weighted by Crippen LogP contribution is -2.37. The minimum Gasteiger partial charge on any atom is -0.382 e. The van der Waals surface area contributed by atoms with Gasteiger partial charge in [-0.1, -0.05) is 12.8 Å². The van der Waals surface area contributed by atoms with Crippen molar-refractivity contribution in [1.29, 1.82) is 0 Å². The normalized spacial score (nSPS) is 20.8. The fraction of sp³-hybridized carbons (Fsp3) is 1.00. The Morgan fingerprint density at radius 2 is 2.07 bits per heavy atom. The first-order valence-corrected chi connectivity index (χ1v) is 5.51. The predicted octanol–water partition coefficient (Wildman–Crippen LogP) is 1.43. The SMILES string of the molecule is COCC(CNC(C)CC1CC1)OC. The number of hydrogen-bond donors (Lipinski definition) is 1. The van der Waals surface area contributed by atoms with Crippen LogP contribution in [0.1, 0.15) is 26.2 Å². The molecule has 0 heterocycles. The van der Waals surface area contributed by atoms with Gasteiger partial charge < -0.3 is 14.8 Å². The van der Waals surface area contributed by atoms with Crippen molar-refractivity contribution in [3.63, 3.8) is 0 Å². The zero-order valence-corrected chi connectivity index (χ0v) is 9.58. The Kier molecular flexibility index (Phi) is 5.45. The van der Waals surface area contributed by atoms with Gasteiger partial charge in [-0.2, -0.15) is 0 Å². The van der Waals surface area contributed by atoms with Gasteiger partial charge in [0.05, 0.1) is 12.7 Å². The second-order valence-corrected chi connectivity index (χ2v) is 4.30. The Hall–Kier alpha value is -0.120. The first-order valence-electron chi connectivity index (χ1n) is 5.51. The van der Waals surface area contributed by atoms with Gasteiger partial charge in [-0.3, -0.25) is 0 Å². The van der Waals surface area contributed by atoms with E-state index in [0.29, 0.717) is 12.6 Å². The number of rotatable bonds is 8. The topological polar surface area (TPSA) is 30.5 Å². The molecule has 0 bridgehead atoms. The minimum atomic E-state index is 0.182. The molecule has 1 fully saturated rings. The highest BCUT2D eigenvalue weighted by atomic mass is 16.5. The molecule has 1 saturated carbocycles. The van der Waals surface area contributed by atoms with Crippen LogP contribution in [0, 0.1) is 5.92 Å². The van der Waals surface area contributed by atoms with E-state index in [0.717, 1.165) is 12.5 Å². The van der Waals surface area contributed by atoms with Crippen LogP contribution in [0.5, 0.6) is 0 Å². The third kappa shape index (κ3) is 4.94. The average Bonchev–Trinajstić information content (AvgIpc) is 2.96. The highest BCUT2D eigenvalue weighted by Crippen LogP contribution is 2.33. The summed E-state index contributed by atoms with van der Waals surface area (Å²) >= 11 is 0.